The Kier molecular flexibility index (Phi) is 5.92. The predicted octanol–water partition coefficient (Wildman–Crippen LogP) is 0.971. The highest BCUT2D eigenvalue weighted by Gasteiger charge is 1.96. The van der Waals surface area contributed by atoms with E-state index in [4.69, 9.17) is 5.84 Å². The van der Waals surface area contributed by atoms with Crippen molar-refractivity contribution in [1.29, 1.82) is 0 Å². The van der Waals surface area contributed by atoms with Crippen molar-refractivity contribution in [1.82, 2.24) is 10.7 Å². The van der Waals surface area contributed by atoms with Gasteiger partial charge in [0.05, 0.1) is 0 Å². The molecule has 0 heterocycles. The smallest absolute Gasteiger partial charge is 0.307 e. The Labute approximate surface area is 77.5 Å². The third-order valence-corrected chi connectivity index (χ3v) is 1.10. The summed E-state index contributed by atoms with van der Waals surface area (Å²) in [6, 6.07) is -0.484. The second-order valence-electron chi connectivity index (χ2n) is 2.05. The van der Waals surface area contributed by atoms with Gasteiger partial charge in [-0.15, -0.1) is 0 Å². The Morgan fingerprint density at radius 1 is 1.31 bits per heavy atom. The molecule has 13 heavy (non-hydrogen) atoms. The van der Waals surface area contributed by atoms with Crippen LogP contribution in [0.15, 0.2) is 49.2 Å². The summed E-state index contributed by atoms with van der Waals surface area (Å²) >= 11 is 0. The van der Waals surface area contributed by atoms with Gasteiger partial charge in [-0.2, -0.15) is 0 Å². The molecule has 4 N–H and O–H groups in total. The van der Waals surface area contributed by atoms with Crippen LogP contribution >= 0.6 is 0 Å². The average molecular weight is 179 g/mol. The Morgan fingerprint density at radius 2 is 2.00 bits per heavy atom. The number of rotatable bonds is 4. The highest BCUT2D eigenvalue weighted by atomic mass is 16.2. The number of carbonyl (C=O) groups is 1. The van der Waals surface area contributed by atoms with Crippen molar-refractivity contribution in [3.63, 3.8) is 0 Å². The maximum Gasteiger partial charge on any atom is 0.333 e. The van der Waals surface area contributed by atoms with Crippen molar-refractivity contribution in [2.45, 2.75) is 0 Å². The minimum atomic E-state index is -0.484. The molecule has 0 aromatic rings. The molecular weight excluding hydrogens is 166 g/mol. The Balaban J connectivity index is 4.34. The van der Waals surface area contributed by atoms with Crippen LogP contribution in [0.25, 0.3) is 0 Å². The number of allylic oxidation sites excluding steroid dienone is 5. The summed E-state index contributed by atoms with van der Waals surface area (Å²) in [5, 5.41) is 2.48. The van der Waals surface area contributed by atoms with Gasteiger partial charge in [0.15, 0.2) is 0 Å². The first-order chi connectivity index (χ1) is 6.24. The molecular formula is C9H13N3O. The summed E-state index contributed by atoms with van der Waals surface area (Å²) < 4.78 is 0. The summed E-state index contributed by atoms with van der Waals surface area (Å²) in [4.78, 5) is 10.8. The fourth-order valence-corrected chi connectivity index (χ4v) is 0.605. The standard InChI is InChI=1S/C9H13N3O/c1-3-5-7-8(6-4-2)11-9(13)12-10/h3-7H,1-2,10H2,(H2,11,12,13)/b7-5-,8-6+. The molecule has 0 atom stereocenters. The van der Waals surface area contributed by atoms with E-state index >= 15 is 0 Å². The number of carbonyl (C=O) groups excluding carboxylic acids is 1. The van der Waals surface area contributed by atoms with E-state index in [0.29, 0.717) is 5.70 Å². The number of hydrazine groups is 1. The maximum atomic E-state index is 10.8. The number of hydrogen-bond donors (Lipinski definition) is 3. The van der Waals surface area contributed by atoms with Crippen LogP contribution in [-0.4, -0.2) is 6.03 Å². The number of amides is 2. The summed E-state index contributed by atoms with van der Waals surface area (Å²) in [6.07, 6.45) is 8.14. The molecule has 0 aliphatic heterocycles. The largest absolute Gasteiger partial charge is 0.333 e. The van der Waals surface area contributed by atoms with E-state index < -0.39 is 6.03 Å². The normalized spacial score (nSPS) is 11.0. The molecule has 0 aromatic heterocycles. The quantitative estimate of drug-likeness (QED) is 0.260. The van der Waals surface area contributed by atoms with E-state index in [1.807, 2.05) is 5.43 Å². The van der Waals surface area contributed by atoms with Gasteiger partial charge < -0.3 is 5.32 Å². The first kappa shape index (κ1) is 11.2. The number of nitrogens with two attached hydrogens (primary N) is 1. The molecule has 0 spiro atoms. The van der Waals surface area contributed by atoms with Crippen LogP contribution in [0.3, 0.4) is 0 Å². The van der Waals surface area contributed by atoms with E-state index in [2.05, 4.69) is 18.5 Å². The molecule has 0 rings (SSSR count). The number of hydrogen-bond acceptors (Lipinski definition) is 2. The lowest BCUT2D eigenvalue weighted by atomic mass is 10.3. The molecule has 0 aromatic carbocycles. The second-order valence-corrected chi connectivity index (χ2v) is 2.05. The average Bonchev–Trinajstić information content (AvgIpc) is 2.14. The molecule has 0 radical (unpaired) electrons. The topological polar surface area (TPSA) is 67.2 Å². The van der Waals surface area contributed by atoms with E-state index in [-0.39, 0.29) is 0 Å². The van der Waals surface area contributed by atoms with Crippen molar-refractivity contribution in [2.24, 2.45) is 5.84 Å². The first-order valence-corrected chi connectivity index (χ1v) is 3.64. The van der Waals surface area contributed by atoms with E-state index in [1.54, 1.807) is 30.4 Å². The zero-order valence-corrected chi connectivity index (χ0v) is 7.29. The molecule has 0 saturated carbocycles. The monoisotopic (exact) mass is 179 g/mol. The van der Waals surface area contributed by atoms with Gasteiger partial charge in [-0.05, 0) is 12.2 Å². The van der Waals surface area contributed by atoms with Crippen molar-refractivity contribution in [2.75, 3.05) is 0 Å². The SMILES string of the molecule is C=C/C=C\C(=C/C=C)NC(=O)NN. The van der Waals surface area contributed by atoms with E-state index in [1.165, 1.54) is 0 Å². The van der Waals surface area contributed by atoms with Crippen LogP contribution in [0.5, 0.6) is 0 Å². The molecule has 4 nitrogen and oxygen atoms in total. The van der Waals surface area contributed by atoms with Gasteiger partial charge in [-0.1, -0.05) is 31.4 Å². The predicted molar refractivity (Wildman–Crippen MR) is 53.5 cm³/mol. The Bertz CT molecular complexity index is 254. The maximum absolute atomic E-state index is 10.8. The van der Waals surface area contributed by atoms with Gasteiger partial charge in [-0.25, -0.2) is 10.6 Å². The molecule has 0 aliphatic rings. The second kappa shape index (κ2) is 6.87. The van der Waals surface area contributed by atoms with Crippen LogP contribution in [0.1, 0.15) is 0 Å². The number of urea groups is 1. The van der Waals surface area contributed by atoms with Gasteiger partial charge in [0.2, 0.25) is 0 Å². The third-order valence-electron chi connectivity index (χ3n) is 1.10. The van der Waals surface area contributed by atoms with Gasteiger partial charge in [-0.3, -0.25) is 5.43 Å². The molecule has 2 amide bonds. The fraction of sp³-hybridized carbons (Fsp3) is 0. The lowest BCUT2D eigenvalue weighted by molar-refractivity contribution is 0.244. The summed E-state index contributed by atoms with van der Waals surface area (Å²) in [5.74, 6) is 4.89. The lowest BCUT2D eigenvalue weighted by Gasteiger charge is -2.03. The van der Waals surface area contributed by atoms with Gasteiger partial charge in [0.25, 0.3) is 0 Å². The zero-order valence-electron chi connectivity index (χ0n) is 7.29. The van der Waals surface area contributed by atoms with Crippen LogP contribution in [0.4, 0.5) is 4.79 Å². The Hall–Kier alpha value is -1.81. The van der Waals surface area contributed by atoms with Gasteiger partial charge >= 0.3 is 6.03 Å². The highest BCUT2D eigenvalue weighted by molar-refractivity contribution is 5.75. The zero-order chi connectivity index (χ0) is 10.1. The van der Waals surface area contributed by atoms with Crippen molar-refractivity contribution < 1.29 is 4.79 Å². The lowest BCUT2D eigenvalue weighted by Crippen LogP contribution is -2.39. The van der Waals surface area contributed by atoms with Crippen molar-refractivity contribution in [3.8, 4) is 0 Å². The Morgan fingerprint density at radius 3 is 2.46 bits per heavy atom. The van der Waals surface area contributed by atoms with Gasteiger partial charge in [0.1, 0.15) is 0 Å². The van der Waals surface area contributed by atoms with Crippen molar-refractivity contribution >= 4 is 6.03 Å². The molecule has 0 saturated heterocycles. The molecule has 70 valence electrons. The third kappa shape index (κ3) is 5.46. The van der Waals surface area contributed by atoms with Crippen LogP contribution in [0.2, 0.25) is 0 Å². The van der Waals surface area contributed by atoms with Crippen molar-refractivity contribution in [3.05, 3.63) is 49.2 Å². The molecule has 0 bridgehead atoms. The fourth-order valence-electron chi connectivity index (χ4n) is 0.605. The highest BCUT2D eigenvalue weighted by Crippen LogP contribution is 1.92. The molecule has 4 heteroatoms. The van der Waals surface area contributed by atoms with Crippen LogP contribution in [0, 0.1) is 0 Å². The van der Waals surface area contributed by atoms with E-state index in [9.17, 15) is 4.79 Å². The first-order valence-electron chi connectivity index (χ1n) is 3.64. The van der Waals surface area contributed by atoms with E-state index in [0.717, 1.165) is 0 Å². The summed E-state index contributed by atoms with van der Waals surface area (Å²) in [5.41, 5.74) is 2.53. The van der Waals surface area contributed by atoms with Crippen LogP contribution < -0.4 is 16.6 Å². The summed E-state index contributed by atoms with van der Waals surface area (Å²) in [7, 11) is 0. The molecule has 0 unspecified atom stereocenters. The van der Waals surface area contributed by atoms with Crippen LogP contribution in [-0.2, 0) is 0 Å². The minimum Gasteiger partial charge on any atom is -0.307 e. The summed E-state index contributed by atoms with van der Waals surface area (Å²) in [6.45, 7) is 7.00. The molecule has 0 fully saturated rings. The number of nitrogens with one attached hydrogen (secondary N) is 2. The molecule has 0 aliphatic carbocycles. The van der Waals surface area contributed by atoms with Gasteiger partial charge in [0, 0.05) is 5.70 Å². The minimum absolute atomic E-state index is 0.484.